The van der Waals surface area contributed by atoms with E-state index in [9.17, 15) is 4.79 Å². The number of aryl methyl sites for hydroxylation is 2. The molecule has 0 bridgehead atoms. The van der Waals surface area contributed by atoms with Gasteiger partial charge in [-0.3, -0.25) is 0 Å². The van der Waals surface area contributed by atoms with Crippen molar-refractivity contribution >= 4 is 17.0 Å². The normalized spacial score (nSPS) is 14.6. The molecule has 17 heavy (non-hydrogen) atoms. The van der Waals surface area contributed by atoms with Crippen LogP contribution < -0.4 is 0 Å². The molecule has 4 heteroatoms. The summed E-state index contributed by atoms with van der Waals surface area (Å²) in [6, 6.07) is 3.68. The van der Waals surface area contributed by atoms with Gasteiger partial charge in [-0.2, -0.15) is 0 Å². The number of pyridine rings is 2. The molecule has 4 nitrogen and oxygen atoms in total. The number of fused-ring (bicyclic) bond motifs is 2. The van der Waals surface area contributed by atoms with Crippen LogP contribution in [0.15, 0.2) is 18.3 Å². The van der Waals surface area contributed by atoms with Gasteiger partial charge in [-0.15, -0.1) is 0 Å². The summed E-state index contributed by atoms with van der Waals surface area (Å²) in [6.07, 6.45) is 5.78. The van der Waals surface area contributed by atoms with Crippen LogP contribution in [0.4, 0.5) is 0 Å². The first-order valence-corrected chi connectivity index (χ1v) is 5.76. The zero-order valence-corrected chi connectivity index (χ0v) is 9.31. The number of aromatic nitrogens is 2. The summed E-state index contributed by atoms with van der Waals surface area (Å²) in [5.41, 5.74) is 3.23. The van der Waals surface area contributed by atoms with Gasteiger partial charge in [0.25, 0.3) is 0 Å². The smallest absolute Gasteiger partial charge is 0.337 e. The lowest BCUT2D eigenvalue weighted by atomic mass is 9.95. The van der Waals surface area contributed by atoms with Gasteiger partial charge >= 0.3 is 5.97 Å². The van der Waals surface area contributed by atoms with E-state index in [0.717, 1.165) is 23.9 Å². The van der Waals surface area contributed by atoms with E-state index in [-0.39, 0.29) is 5.56 Å². The van der Waals surface area contributed by atoms with Crippen molar-refractivity contribution in [3.05, 3.63) is 35.2 Å². The van der Waals surface area contributed by atoms with Crippen molar-refractivity contribution in [2.24, 2.45) is 0 Å². The summed E-state index contributed by atoms with van der Waals surface area (Å²) in [5.74, 6) is -0.947. The van der Waals surface area contributed by atoms with Gasteiger partial charge in [0.1, 0.15) is 0 Å². The van der Waals surface area contributed by atoms with Crippen LogP contribution >= 0.6 is 0 Å². The molecule has 1 N–H and O–H groups in total. The SMILES string of the molecule is O=C(O)c1cnc2nc3c(cc2c1)CCCC3. The minimum Gasteiger partial charge on any atom is -0.478 e. The highest BCUT2D eigenvalue weighted by molar-refractivity contribution is 5.91. The molecule has 0 atom stereocenters. The zero-order valence-electron chi connectivity index (χ0n) is 9.31. The van der Waals surface area contributed by atoms with Gasteiger partial charge in [-0.25, -0.2) is 14.8 Å². The maximum absolute atomic E-state index is 10.9. The van der Waals surface area contributed by atoms with Crippen LogP contribution in [0.1, 0.15) is 34.5 Å². The van der Waals surface area contributed by atoms with E-state index < -0.39 is 5.97 Å². The number of carboxylic acid groups (broad SMARTS) is 1. The number of carbonyl (C=O) groups is 1. The Bertz CT molecular complexity index is 608. The van der Waals surface area contributed by atoms with Crippen molar-refractivity contribution in [3.8, 4) is 0 Å². The molecule has 3 rings (SSSR count). The van der Waals surface area contributed by atoms with Gasteiger partial charge in [-0.1, -0.05) is 0 Å². The Morgan fingerprint density at radius 1 is 1.24 bits per heavy atom. The molecule has 0 aromatic carbocycles. The molecule has 1 aliphatic rings. The Hall–Kier alpha value is -1.97. The molecule has 0 aliphatic heterocycles. The summed E-state index contributed by atoms with van der Waals surface area (Å²) in [5, 5.41) is 9.75. The number of rotatable bonds is 1. The highest BCUT2D eigenvalue weighted by atomic mass is 16.4. The number of hydrogen-bond donors (Lipinski definition) is 1. The van der Waals surface area contributed by atoms with Crippen LogP contribution in [0.2, 0.25) is 0 Å². The summed E-state index contributed by atoms with van der Waals surface area (Å²) in [7, 11) is 0. The monoisotopic (exact) mass is 228 g/mol. The van der Waals surface area contributed by atoms with E-state index in [1.165, 1.54) is 24.6 Å². The molecule has 0 saturated heterocycles. The third kappa shape index (κ3) is 1.75. The zero-order chi connectivity index (χ0) is 11.8. The molecule has 0 spiro atoms. The lowest BCUT2D eigenvalue weighted by Crippen LogP contribution is -2.06. The fraction of sp³-hybridized carbons (Fsp3) is 0.308. The molecule has 0 fully saturated rings. The first-order valence-electron chi connectivity index (χ1n) is 5.76. The van der Waals surface area contributed by atoms with Gasteiger partial charge < -0.3 is 5.11 Å². The molecular weight excluding hydrogens is 216 g/mol. The van der Waals surface area contributed by atoms with Crippen molar-refractivity contribution in [1.29, 1.82) is 0 Å². The van der Waals surface area contributed by atoms with Gasteiger partial charge in [0.15, 0.2) is 5.65 Å². The van der Waals surface area contributed by atoms with E-state index in [4.69, 9.17) is 5.11 Å². The lowest BCUT2D eigenvalue weighted by Gasteiger charge is -2.14. The second-order valence-corrected chi connectivity index (χ2v) is 4.38. The highest BCUT2D eigenvalue weighted by Crippen LogP contribution is 2.23. The van der Waals surface area contributed by atoms with Gasteiger partial charge in [0.05, 0.1) is 5.56 Å². The third-order valence-corrected chi connectivity index (χ3v) is 3.19. The van der Waals surface area contributed by atoms with Crippen LogP contribution in [0.3, 0.4) is 0 Å². The average molecular weight is 228 g/mol. The standard InChI is InChI=1S/C13H12N2O2/c16-13(17)10-6-9-5-8-3-1-2-4-11(8)15-12(9)14-7-10/h5-7H,1-4H2,(H,16,17). The molecule has 0 radical (unpaired) electrons. The second-order valence-electron chi connectivity index (χ2n) is 4.38. The fourth-order valence-electron chi connectivity index (χ4n) is 2.30. The summed E-state index contributed by atoms with van der Waals surface area (Å²) >= 11 is 0. The van der Waals surface area contributed by atoms with Crippen LogP contribution in [0.5, 0.6) is 0 Å². The van der Waals surface area contributed by atoms with Crippen LogP contribution in [-0.4, -0.2) is 21.0 Å². The third-order valence-electron chi connectivity index (χ3n) is 3.19. The quantitative estimate of drug-likeness (QED) is 0.812. The number of hydrogen-bond acceptors (Lipinski definition) is 3. The first-order chi connectivity index (χ1) is 8.24. The van der Waals surface area contributed by atoms with E-state index in [0.29, 0.717) is 5.65 Å². The maximum atomic E-state index is 10.9. The average Bonchev–Trinajstić information content (AvgIpc) is 2.35. The molecule has 0 amide bonds. The Kier molecular flexibility index (Phi) is 2.28. The van der Waals surface area contributed by atoms with E-state index in [1.54, 1.807) is 6.07 Å². The van der Waals surface area contributed by atoms with Crippen molar-refractivity contribution in [3.63, 3.8) is 0 Å². The van der Waals surface area contributed by atoms with Crippen molar-refractivity contribution in [2.75, 3.05) is 0 Å². The van der Waals surface area contributed by atoms with Gasteiger partial charge in [0.2, 0.25) is 0 Å². The second kappa shape index (κ2) is 3.80. The molecule has 1 aliphatic carbocycles. The van der Waals surface area contributed by atoms with Crippen molar-refractivity contribution in [1.82, 2.24) is 9.97 Å². The first kappa shape index (κ1) is 10.2. The topological polar surface area (TPSA) is 63.1 Å². The molecule has 0 saturated carbocycles. The molecule has 2 heterocycles. The molecular formula is C13H12N2O2. The minimum atomic E-state index is -0.947. The maximum Gasteiger partial charge on any atom is 0.337 e. The fourth-order valence-corrected chi connectivity index (χ4v) is 2.30. The van der Waals surface area contributed by atoms with Crippen molar-refractivity contribution in [2.45, 2.75) is 25.7 Å². The van der Waals surface area contributed by atoms with Gasteiger partial charge in [0, 0.05) is 17.3 Å². The van der Waals surface area contributed by atoms with E-state index >= 15 is 0 Å². The number of carboxylic acids is 1. The van der Waals surface area contributed by atoms with Crippen LogP contribution in [0, 0.1) is 0 Å². The molecule has 0 unspecified atom stereocenters. The highest BCUT2D eigenvalue weighted by Gasteiger charge is 2.13. The van der Waals surface area contributed by atoms with E-state index in [2.05, 4.69) is 9.97 Å². The Morgan fingerprint density at radius 2 is 2.06 bits per heavy atom. The van der Waals surface area contributed by atoms with Crippen LogP contribution in [0.25, 0.3) is 11.0 Å². The summed E-state index contributed by atoms with van der Waals surface area (Å²) < 4.78 is 0. The largest absolute Gasteiger partial charge is 0.478 e. The molecule has 2 aromatic rings. The Balaban J connectivity index is 2.20. The molecule has 86 valence electrons. The number of nitrogens with zero attached hydrogens (tertiary/aromatic N) is 2. The Labute approximate surface area is 98.3 Å². The number of aromatic carboxylic acids is 1. The van der Waals surface area contributed by atoms with Crippen molar-refractivity contribution < 1.29 is 9.90 Å². The van der Waals surface area contributed by atoms with Crippen LogP contribution in [-0.2, 0) is 12.8 Å². The summed E-state index contributed by atoms with van der Waals surface area (Å²) in [4.78, 5) is 19.5. The summed E-state index contributed by atoms with van der Waals surface area (Å²) in [6.45, 7) is 0. The van der Waals surface area contributed by atoms with Gasteiger partial charge in [-0.05, 0) is 43.4 Å². The molecule has 2 aromatic heterocycles. The predicted molar refractivity (Wildman–Crippen MR) is 63.1 cm³/mol. The minimum absolute atomic E-state index is 0.218. The van der Waals surface area contributed by atoms with E-state index in [1.807, 2.05) is 6.07 Å². The predicted octanol–water partition coefficient (Wildman–Crippen LogP) is 2.21. The Morgan fingerprint density at radius 3 is 2.88 bits per heavy atom. The lowest BCUT2D eigenvalue weighted by molar-refractivity contribution is 0.0696.